The van der Waals surface area contributed by atoms with Crippen LogP contribution in [0.4, 0.5) is 11.4 Å². The molecule has 84 valence electrons. The van der Waals surface area contributed by atoms with Crippen molar-refractivity contribution >= 4 is 17.2 Å². The molecule has 1 aromatic carbocycles. The lowest BCUT2D eigenvalue weighted by Crippen LogP contribution is -1.98. The van der Waals surface area contributed by atoms with Gasteiger partial charge in [-0.05, 0) is 32.1 Å². The molecule has 0 aliphatic carbocycles. The van der Waals surface area contributed by atoms with Crippen molar-refractivity contribution < 1.29 is 9.72 Å². The number of hydrogen-bond acceptors (Lipinski definition) is 4. The Bertz CT molecular complexity index is 435. The first kappa shape index (κ1) is 11.9. The summed E-state index contributed by atoms with van der Waals surface area (Å²) in [7, 11) is 0. The second kappa shape index (κ2) is 5.06. The molecule has 0 amide bonds. The number of hydrogen-bond donors (Lipinski definition) is 1. The van der Waals surface area contributed by atoms with Crippen molar-refractivity contribution in [1.29, 1.82) is 0 Å². The fourth-order valence-electron chi connectivity index (χ4n) is 1.24. The van der Waals surface area contributed by atoms with Gasteiger partial charge in [0.2, 0.25) is 0 Å². The van der Waals surface area contributed by atoms with Crippen molar-refractivity contribution in [1.82, 2.24) is 0 Å². The molecular weight excluding hydrogens is 208 g/mol. The number of non-ortho nitro benzene ring substituents is 1. The summed E-state index contributed by atoms with van der Waals surface area (Å²) in [5.41, 5.74) is 1.45. The number of carbonyl (C=O) groups excluding carboxylic acids is 1. The Kier molecular flexibility index (Phi) is 3.77. The van der Waals surface area contributed by atoms with Crippen molar-refractivity contribution in [3.05, 3.63) is 46.2 Å². The number of benzene rings is 1. The lowest BCUT2D eigenvalue weighted by Gasteiger charge is -2.05. The number of nitrogens with zero attached hydrogens (tertiary/aromatic N) is 1. The summed E-state index contributed by atoms with van der Waals surface area (Å²) in [5.74, 6) is -0.0492. The predicted molar refractivity (Wildman–Crippen MR) is 61.2 cm³/mol. The van der Waals surface area contributed by atoms with Crippen molar-refractivity contribution in [2.24, 2.45) is 0 Å². The molecule has 16 heavy (non-hydrogen) atoms. The summed E-state index contributed by atoms with van der Waals surface area (Å²) < 4.78 is 0. The first-order valence-electron chi connectivity index (χ1n) is 4.69. The number of anilines is 1. The summed E-state index contributed by atoms with van der Waals surface area (Å²) in [6.45, 7) is 3.21. The van der Waals surface area contributed by atoms with E-state index < -0.39 is 4.92 Å². The maximum atomic E-state index is 10.8. The zero-order valence-electron chi connectivity index (χ0n) is 9.06. The van der Waals surface area contributed by atoms with Crippen LogP contribution in [0.3, 0.4) is 0 Å². The van der Waals surface area contributed by atoms with Gasteiger partial charge in [0.1, 0.15) is 0 Å². The Hall–Kier alpha value is -2.17. The number of rotatable bonds is 4. The first-order chi connectivity index (χ1) is 7.49. The minimum Gasteiger partial charge on any atom is -0.359 e. The van der Waals surface area contributed by atoms with Gasteiger partial charge in [0.25, 0.3) is 5.69 Å². The third-order valence-corrected chi connectivity index (χ3v) is 1.84. The van der Waals surface area contributed by atoms with Gasteiger partial charge in [0.15, 0.2) is 5.78 Å². The summed E-state index contributed by atoms with van der Waals surface area (Å²) in [5, 5.41) is 13.4. The van der Waals surface area contributed by atoms with Crippen molar-refractivity contribution in [2.75, 3.05) is 5.32 Å². The number of nitrogens with one attached hydrogen (secondary N) is 1. The molecular formula is C11H12N2O3. The van der Waals surface area contributed by atoms with Crippen LogP contribution >= 0.6 is 0 Å². The Morgan fingerprint density at radius 1 is 1.31 bits per heavy atom. The average molecular weight is 220 g/mol. The lowest BCUT2D eigenvalue weighted by atomic mass is 10.2. The summed E-state index contributed by atoms with van der Waals surface area (Å²) in [4.78, 5) is 20.7. The topological polar surface area (TPSA) is 72.2 Å². The third-order valence-electron chi connectivity index (χ3n) is 1.84. The van der Waals surface area contributed by atoms with Crippen LogP contribution in [0.15, 0.2) is 36.0 Å². The number of nitro benzene ring substituents is 1. The van der Waals surface area contributed by atoms with E-state index in [1.807, 2.05) is 0 Å². The van der Waals surface area contributed by atoms with Crippen LogP contribution in [-0.2, 0) is 4.79 Å². The minimum atomic E-state index is -0.456. The molecule has 0 saturated carbocycles. The SMILES string of the molecule is CC(=O)C=C(C)Nc1ccc([N+](=O)[O-])cc1. The molecule has 1 aromatic rings. The van der Waals surface area contributed by atoms with Gasteiger partial charge in [0, 0.05) is 23.5 Å². The molecule has 0 radical (unpaired) electrons. The van der Waals surface area contributed by atoms with Gasteiger partial charge >= 0.3 is 0 Å². The van der Waals surface area contributed by atoms with Crippen LogP contribution in [0.25, 0.3) is 0 Å². The van der Waals surface area contributed by atoms with Crippen LogP contribution in [0.5, 0.6) is 0 Å². The molecule has 0 aromatic heterocycles. The maximum absolute atomic E-state index is 10.8. The summed E-state index contributed by atoms with van der Waals surface area (Å²) in [6, 6.07) is 6.00. The Morgan fingerprint density at radius 2 is 1.88 bits per heavy atom. The predicted octanol–water partition coefficient (Wildman–Crippen LogP) is 2.50. The monoisotopic (exact) mass is 220 g/mol. The zero-order valence-corrected chi connectivity index (χ0v) is 9.06. The Labute approximate surface area is 92.9 Å². The molecule has 0 saturated heterocycles. The largest absolute Gasteiger partial charge is 0.359 e. The molecule has 0 heterocycles. The standard InChI is InChI=1S/C11H12N2O3/c1-8(7-9(2)14)12-10-3-5-11(6-4-10)13(15)16/h3-7,12H,1-2H3. The lowest BCUT2D eigenvalue weighted by molar-refractivity contribution is -0.384. The molecule has 0 spiro atoms. The molecule has 1 rings (SSSR count). The van der Waals surface area contributed by atoms with Gasteiger partial charge in [-0.25, -0.2) is 0 Å². The highest BCUT2D eigenvalue weighted by molar-refractivity contribution is 5.88. The van der Waals surface area contributed by atoms with Crippen LogP contribution in [0.1, 0.15) is 13.8 Å². The van der Waals surface area contributed by atoms with E-state index in [4.69, 9.17) is 0 Å². The fraction of sp³-hybridized carbons (Fsp3) is 0.182. The van der Waals surface area contributed by atoms with E-state index in [0.29, 0.717) is 11.4 Å². The van der Waals surface area contributed by atoms with Crippen LogP contribution in [0, 0.1) is 10.1 Å². The van der Waals surface area contributed by atoms with E-state index in [1.54, 1.807) is 19.1 Å². The highest BCUT2D eigenvalue weighted by Gasteiger charge is 2.03. The quantitative estimate of drug-likeness (QED) is 0.480. The fourth-order valence-corrected chi connectivity index (χ4v) is 1.24. The Morgan fingerprint density at radius 3 is 2.31 bits per heavy atom. The highest BCUT2D eigenvalue weighted by Crippen LogP contribution is 2.16. The zero-order chi connectivity index (χ0) is 12.1. The number of ketones is 1. The molecule has 5 nitrogen and oxygen atoms in total. The highest BCUT2D eigenvalue weighted by atomic mass is 16.6. The molecule has 1 N–H and O–H groups in total. The van der Waals surface area contributed by atoms with Gasteiger partial charge in [-0.1, -0.05) is 0 Å². The van der Waals surface area contributed by atoms with Crippen molar-refractivity contribution in [2.45, 2.75) is 13.8 Å². The van der Waals surface area contributed by atoms with Crippen molar-refractivity contribution in [3.8, 4) is 0 Å². The van der Waals surface area contributed by atoms with Crippen LogP contribution in [0.2, 0.25) is 0 Å². The van der Waals surface area contributed by atoms with E-state index in [0.717, 1.165) is 0 Å². The van der Waals surface area contributed by atoms with Gasteiger partial charge in [-0.15, -0.1) is 0 Å². The third kappa shape index (κ3) is 3.53. The summed E-state index contributed by atoms with van der Waals surface area (Å²) in [6.07, 6.45) is 1.46. The van der Waals surface area contributed by atoms with Gasteiger partial charge in [-0.2, -0.15) is 0 Å². The van der Waals surface area contributed by atoms with Gasteiger partial charge in [-0.3, -0.25) is 14.9 Å². The second-order valence-electron chi connectivity index (χ2n) is 3.37. The minimum absolute atomic E-state index is 0.0405. The molecule has 0 fully saturated rings. The molecule has 0 aliphatic heterocycles. The first-order valence-corrected chi connectivity index (χ1v) is 4.69. The van der Waals surface area contributed by atoms with E-state index in [1.165, 1.54) is 25.1 Å². The molecule has 0 atom stereocenters. The number of carbonyl (C=O) groups is 1. The van der Waals surface area contributed by atoms with E-state index in [9.17, 15) is 14.9 Å². The maximum Gasteiger partial charge on any atom is 0.269 e. The smallest absolute Gasteiger partial charge is 0.269 e. The van der Waals surface area contributed by atoms with Crippen molar-refractivity contribution in [3.63, 3.8) is 0 Å². The van der Waals surface area contributed by atoms with E-state index >= 15 is 0 Å². The molecule has 5 heteroatoms. The van der Waals surface area contributed by atoms with Gasteiger partial charge in [0.05, 0.1) is 4.92 Å². The number of allylic oxidation sites excluding steroid dienone is 2. The molecule has 0 unspecified atom stereocenters. The number of nitro groups is 1. The van der Waals surface area contributed by atoms with Gasteiger partial charge < -0.3 is 5.32 Å². The molecule has 0 bridgehead atoms. The Balaban J connectivity index is 2.76. The summed E-state index contributed by atoms with van der Waals surface area (Å²) >= 11 is 0. The van der Waals surface area contributed by atoms with E-state index in [-0.39, 0.29) is 11.5 Å². The van der Waals surface area contributed by atoms with Crippen LogP contribution < -0.4 is 5.32 Å². The second-order valence-corrected chi connectivity index (χ2v) is 3.37. The molecule has 0 aliphatic rings. The average Bonchev–Trinajstić information content (AvgIpc) is 2.16. The normalized spacial score (nSPS) is 11.0. The van der Waals surface area contributed by atoms with E-state index in [2.05, 4.69) is 5.32 Å². The van der Waals surface area contributed by atoms with Crippen LogP contribution in [-0.4, -0.2) is 10.7 Å².